The number of aliphatic hydroxyl groups excluding tert-OH is 1. The molecule has 1 aliphatic rings. The van der Waals surface area contributed by atoms with Crippen LogP contribution in [0.25, 0.3) is 0 Å². The summed E-state index contributed by atoms with van der Waals surface area (Å²) in [7, 11) is 0. The van der Waals surface area contributed by atoms with Gasteiger partial charge in [0.15, 0.2) is 0 Å². The third kappa shape index (κ3) is 2.87. The second kappa shape index (κ2) is 6.25. The Labute approximate surface area is 112 Å². The van der Waals surface area contributed by atoms with Crippen molar-refractivity contribution in [3.63, 3.8) is 0 Å². The largest absolute Gasteiger partial charge is 0.396 e. The summed E-state index contributed by atoms with van der Waals surface area (Å²) in [6.45, 7) is 1.66. The van der Waals surface area contributed by atoms with Crippen LogP contribution >= 0.6 is 11.8 Å². The van der Waals surface area contributed by atoms with Crippen molar-refractivity contribution in [2.75, 3.05) is 26.0 Å². The number of nitrogens with zero attached hydrogens (tertiary/aromatic N) is 1. The van der Waals surface area contributed by atoms with Crippen LogP contribution in [0, 0.1) is 5.92 Å². The van der Waals surface area contributed by atoms with Crippen LogP contribution in [0.2, 0.25) is 0 Å². The first-order chi connectivity index (χ1) is 8.76. The molecule has 0 bridgehead atoms. The predicted octanol–water partition coefficient (Wildman–Crippen LogP) is 2.25. The van der Waals surface area contributed by atoms with Gasteiger partial charge in [0.05, 0.1) is 5.56 Å². The molecular formula is C14H19NO2S. The Morgan fingerprint density at radius 2 is 2.28 bits per heavy atom. The highest BCUT2D eigenvalue weighted by atomic mass is 32.2. The van der Waals surface area contributed by atoms with E-state index in [9.17, 15) is 9.90 Å². The molecule has 0 spiro atoms. The lowest BCUT2D eigenvalue weighted by Crippen LogP contribution is -2.41. The van der Waals surface area contributed by atoms with Crippen molar-refractivity contribution in [3.8, 4) is 0 Å². The molecule has 0 aliphatic carbocycles. The molecule has 3 nitrogen and oxygen atoms in total. The molecule has 98 valence electrons. The summed E-state index contributed by atoms with van der Waals surface area (Å²) in [5, 5.41) is 9.22. The van der Waals surface area contributed by atoms with E-state index in [2.05, 4.69) is 0 Å². The normalized spacial score (nSPS) is 19.9. The van der Waals surface area contributed by atoms with Gasteiger partial charge < -0.3 is 10.0 Å². The van der Waals surface area contributed by atoms with E-state index in [1.807, 2.05) is 35.4 Å². The quantitative estimate of drug-likeness (QED) is 0.852. The minimum Gasteiger partial charge on any atom is -0.396 e. The van der Waals surface area contributed by atoms with Crippen molar-refractivity contribution in [1.82, 2.24) is 4.90 Å². The molecule has 2 rings (SSSR count). The summed E-state index contributed by atoms with van der Waals surface area (Å²) in [4.78, 5) is 15.4. The maximum Gasteiger partial charge on any atom is 0.254 e. The number of thioether (sulfide) groups is 1. The van der Waals surface area contributed by atoms with Gasteiger partial charge in [0, 0.05) is 24.6 Å². The van der Waals surface area contributed by atoms with Crippen LogP contribution in [0.3, 0.4) is 0 Å². The molecule has 0 aromatic heterocycles. The van der Waals surface area contributed by atoms with E-state index < -0.39 is 0 Å². The highest BCUT2D eigenvalue weighted by molar-refractivity contribution is 7.98. The first-order valence-corrected chi connectivity index (χ1v) is 7.52. The first-order valence-electron chi connectivity index (χ1n) is 6.29. The van der Waals surface area contributed by atoms with Crippen molar-refractivity contribution in [1.29, 1.82) is 0 Å². The number of piperidine rings is 1. The molecule has 0 saturated carbocycles. The monoisotopic (exact) mass is 265 g/mol. The lowest BCUT2D eigenvalue weighted by Gasteiger charge is -2.32. The lowest BCUT2D eigenvalue weighted by molar-refractivity contribution is 0.0617. The Kier molecular flexibility index (Phi) is 4.66. The summed E-state index contributed by atoms with van der Waals surface area (Å²) >= 11 is 1.60. The Balaban J connectivity index is 2.15. The fourth-order valence-corrected chi connectivity index (χ4v) is 2.98. The Hall–Kier alpha value is -1.00. The zero-order valence-corrected chi connectivity index (χ0v) is 11.4. The van der Waals surface area contributed by atoms with Crippen LogP contribution < -0.4 is 0 Å². The average molecular weight is 265 g/mol. The molecule has 1 amide bonds. The maximum absolute atomic E-state index is 12.5. The number of carbonyl (C=O) groups excluding carboxylic acids is 1. The molecule has 1 unspecified atom stereocenters. The molecule has 1 heterocycles. The van der Waals surface area contributed by atoms with Crippen LogP contribution in [0.5, 0.6) is 0 Å². The highest BCUT2D eigenvalue weighted by Crippen LogP contribution is 2.24. The summed E-state index contributed by atoms with van der Waals surface area (Å²) in [6, 6.07) is 7.72. The molecule has 1 aromatic rings. The highest BCUT2D eigenvalue weighted by Gasteiger charge is 2.25. The molecular weight excluding hydrogens is 246 g/mol. The van der Waals surface area contributed by atoms with Crippen LogP contribution in [0.15, 0.2) is 29.2 Å². The van der Waals surface area contributed by atoms with Gasteiger partial charge in [-0.25, -0.2) is 0 Å². The van der Waals surface area contributed by atoms with Crippen molar-refractivity contribution < 1.29 is 9.90 Å². The summed E-state index contributed by atoms with van der Waals surface area (Å²) in [5.41, 5.74) is 0.781. The molecule has 1 N–H and O–H groups in total. The van der Waals surface area contributed by atoms with Gasteiger partial charge >= 0.3 is 0 Å². The molecule has 1 aromatic carbocycles. The van der Waals surface area contributed by atoms with Crippen molar-refractivity contribution in [3.05, 3.63) is 29.8 Å². The summed E-state index contributed by atoms with van der Waals surface area (Å²) < 4.78 is 0. The zero-order valence-electron chi connectivity index (χ0n) is 10.6. The van der Waals surface area contributed by atoms with Gasteiger partial charge in [0.2, 0.25) is 0 Å². The Morgan fingerprint density at radius 1 is 1.50 bits per heavy atom. The zero-order chi connectivity index (χ0) is 13.0. The maximum atomic E-state index is 12.5. The number of hydrogen-bond donors (Lipinski definition) is 1. The van der Waals surface area contributed by atoms with Gasteiger partial charge in [-0.2, -0.15) is 0 Å². The van der Waals surface area contributed by atoms with E-state index in [0.29, 0.717) is 6.54 Å². The Morgan fingerprint density at radius 3 is 3.00 bits per heavy atom. The number of amides is 1. The topological polar surface area (TPSA) is 40.5 Å². The molecule has 1 aliphatic heterocycles. The molecule has 1 atom stereocenters. The third-order valence-electron chi connectivity index (χ3n) is 3.40. The van der Waals surface area contributed by atoms with Gasteiger partial charge in [0.1, 0.15) is 0 Å². The third-order valence-corrected chi connectivity index (χ3v) is 4.20. The van der Waals surface area contributed by atoms with Gasteiger partial charge in [-0.1, -0.05) is 12.1 Å². The predicted molar refractivity (Wildman–Crippen MR) is 73.9 cm³/mol. The molecule has 0 radical (unpaired) electrons. The SMILES string of the molecule is CSc1ccccc1C(=O)N1CCCC(CO)C1. The van der Waals surface area contributed by atoms with Gasteiger partial charge in [-0.05, 0) is 37.1 Å². The minimum absolute atomic E-state index is 0.0955. The molecule has 1 fully saturated rings. The number of benzene rings is 1. The molecule has 4 heteroatoms. The van der Waals surface area contributed by atoms with Crippen molar-refractivity contribution in [2.24, 2.45) is 5.92 Å². The number of hydrogen-bond acceptors (Lipinski definition) is 3. The van der Waals surface area contributed by atoms with E-state index >= 15 is 0 Å². The standard InChI is InChI=1S/C14H19NO2S/c1-18-13-7-3-2-6-12(13)14(17)15-8-4-5-11(9-15)10-16/h2-3,6-7,11,16H,4-5,8-10H2,1H3. The van der Waals surface area contributed by atoms with Gasteiger partial charge in [-0.3, -0.25) is 4.79 Å². The fraction of sp³-hybridized carbons (Fsp3) is 0.500. The fourth-order valence-electron chi connectivity index (χ4n) is 2.39. The second-order valence-corrected chi connectivity index (χ2v) is 5.49. The summed E-state index contributed by atoms with van der Waals surface area (Å²) in [6.07, 6.45) is 3.99. The Bertz CT molecular complexity index is 422. The van der Waals surface area contributed by atoms with Crippen LogP contribution in [-0.2, 0) is 0 Å². The average Bonchev–Trinajstić information content (AvgIpc) is 2.46. The number of rotatable bonds is 3. The van der Waals surface area contributed by atoms with Gasteiger partial charge in [-0.15, -0.1) is 11.8 Å². The first kappa shape index (κ1) is 13.4. The van der Waals surface area contributed by atoms with E-state index in [-0.39, 0.29) is 18.4 Å². The summed E-state index contributed by atoms with van der Waals surface area (Å²) in [5.74, 6) is 0.335. The van der Waals surface area contributed by atoms with E-state index in [0.717, 1.165) is 29.8 Å². The van der Waals surface area contributed by atoms with Crippen molar-refractivity contribution in [2.45, 2.75) is 17.7 Å². The molecule has 1 saturated heterocycles. The lowest BCUT2D eigenvalue weighted by atomic mass is 9.98. The van der Waals surface area contributed by atoms with Crippen LogP contribution in [0.1, 0.15) is 23.2 Å². The number of carbonyl (C=O) groups is 1. The van der Waals surface area contributed by atoms with E-state index in [1.54, 1.807) is 11.8 Å². The second-order valence-electron chi connectivity index (χ2n) is 4.64. The van der Waals surface area contributed by atoms with Crippen LogP contribution in [0.4, 0.5) is 0 Å². The minimum atomic E-state index is 0.0955. The van der Waals surface area contributed by atoms with Crippen LogP contribution in [-0.4, -0.2) is 41.9 Å². The smallest absolute Gasteiger partial charge is 0.254 e. The molecule has 18 heavy (non-hydrogen) atoms. The van der Waals surface area contributed by atoms with E-state index in [1.165, 1.54) is 0 Å². The van der Waals surface area contributed by atoms with Gasteiger partial charge in [0.25, 0.3) is 5.91 Å². The van der Waals surface area contributed by atoms with Crippen molar-refractivity contribution >= 4 is 17.7 Å². The number of likely N-dealkylation sites (tertiary alicyclic amines) is 1. The van der Waals surface area contributed by atoms with E-state index in [4.69, 9.17) is 0 Å². The number of aliphatic hydroxyl groups is 1.